The lowest BCUT2D eigenvalue weighted by molar-refractivity contribution is -0.186. The number of esters is 1. The van der Waals surface area contributed by atoms with E-state index in [2.05, 4.69) is 9.97 Å². The Morgan fingerprint density at radius 1 is 0.795 bits per heavy atom. The maximum Gasteiger partial charge on any atom is 0.338 e. The van der Waals surface area contributed by atoms with Crippen LogP contribution in [0.3, 0.4) is 0 Å². The number of benzene rings is 2. The Morgan fingerprint density at radius 3 is 1.77 bits per heavy atom. The molecule has 13 heteroatoms. The van der Waals surface area contributed by atoms with Crippen molar-refractivity contribution in [2.24, 2.45) is 0 Å². The van der Waals surface area contributed by atoms with E-state index in [0.717, 1.165) is 30.6 Å². The largest absolute Gasteiger partial charge is 0.456 e. The SMILES string of the molecule is Cc1cc(C(O)(O)NC(=O)c2cc(C(=O)NC(O)(O)c3ccc(C(=O)OC(C)(C)C)cc3)ncn2)ccc1F. The third kappa shape index (κ3) is 7.39. The van der Waals surface area contributed by atoms with Crippen molar-refractivity contribution in [1.29, 1.82) is 0 Å². The molecule has 0 atom stereocenters. The van der Waals surface area contributed by atoms with Gasteiger partial charge in [-0.2, -0.15) is 0 Å². The quantitative estimate of drug-likeness (QED) is 0.185. The van der Waals surface area contributed by atoms with Gasteiger partial charge in [-0.3, -0.25) is 20.2 Å². The lowest BCUT2D eigenvalue weighted by Crippen LogP contribution is -2.47. The molecular formula is C26H27FN4O8. The van der Waals surface area contributed by atoms with Gasteiger partial charge in [0.25, 0.3) is 23.6 Å². The van der Waals surface area contributed by atoms with Crippen LogP contribution in [-0.2, 0) is 16.6 Å². The van der Waals surface area contributed by atoms with Gasteiger partial charge >= 0.3 is 5.97 Å². The number of amides is 2. The third-order valence-electron chi connectivity index (χ3n) is 5.19. The van der Waals surface area contributed by atoms with Crippen molar-refractivity contribution in [3.8, 4) is 0 Å². The molecule has 2 aromatic carbocycles. The van der Waals surface area contributed by atoms with Gasteiger partial charge in [0.2, 0.25) is 0 Å². The fourth-order valence-electron chi connectivity index (χ4n) is 3.23. The highest BCUT2D eigenvalue weighted by atomic mass is 19.1. The molecule has 0 aliphatic carbocycles. The summed E-state index contributed by atoms with van der Waals surface area (Å²) in [5.41, 5.74) is -1.85. The topological polar surface area (TPSA) is 191 Å². The number of carbonyl (C=O) groups excluding carboxylic acids is 3. The summed E-state index contributed by atoms with van der Waals surface area (Å²) in [5.74, 6) is -9.27. The number of aromatic nitrogens is 2. The van der Waals surface area contributed by atoms with Gasteiger partial charge in [0.05, 0.1) is 5.56 Å². The molecule has 39 heavy (non-hydrogen) atoms. The molecule has 0 unspecified atom stereocenters. The van der Waals surface area contributed by atoms with Gasteiger partial charge in [-0.1, -0.05) is 12.1 Å². The molecule has 6 N–H and O–H groups in total. The zero-order valence-corrected chi connectivity index (χ0v) is 21.4. The fraction of sp³-hybridized carbons (Fsp3) is 0.269. The van der Waals surface area contributed by atoms with Gasteiger partial charge in [-0.15, -0.1) is 0 Å². The highest BCUT2D eigenvalue weighted by Gasteiger charge is 2.32. The van der Waals surface area contributed by atoms with E-state index in [1.165, 1.54) is 31.2 Å². The number of hydrogen-bond donors (Lipinski definition) is 6. The molecule has 3 aromatic rings. The monoisotopic (exact) mass is 542 g/mol. The van der Waals surface area contributed by atoms with Crippen LogP contribution in [-0.4, -0.2) is 53.8 Å². The summed E-state index contributed by atoms with van der Waals surface area (Å²) in [6.45, 7) is 6.48. The average Bonchev–Trinajstić information content (AvgIpc) is 2.84. The van der Waals surface area contributed by atoms with E-state index in [1.54, 1.807) is 20.8 Å². The van der Waals surface area contributed by atoms with E-state index in [-0.39, 0.29) is 22.3 Å². The Bertz CT molecular complexity index is 1400. The van der Waals surface area contributed by atoms with Crippen LogP contribution < -0.4 is 10.6 Å². The summed E-state index contributed by atoms with van der Waals surface area (Å²) < 4.78 is 18.7. The average molecular weight is 543 g/mol. The zero-order chi connectivity index (χ0) is 29.2. The van der Waals surface area contributed by atoms with Crippen LogP contribution in [0, 0.1) is 12.7 Å². The van der Waals surface area contributed by atoms with E-state index in [1.807, 2.05) is 10.6 Å². The normalized spacial score (nSPS) is 12.0. The molecule has 0 spiro atoms. The Morgan fingerprint density at radius 2 is 1.28 bits per heavy atom. The van der Waals surface area contributed by atoms with Gasteiger partial charge in [-0.25, -0.2) is 19.2 Å². The number of nitrogens with zero attached hydrogens (tertiary/aromatic N) is 2. The van der Waals surface area contributed by atoms with Gasteiger partial charge in [0.1, 0.15) is 29.1 Å². The maximum absolute atomic E-state index is 13.5. The number of ether oxygens (including phenoxy) is 1. The van der Waals surface area contributed by atoms with Crippen molar-refractivity contribution in [3.05, 3.63) is 94.3 Å². The third-order valence-corrected chi connectivity index (χ3v) is 5.19. The summed E-state index contributed by atoms with van der Waals surface area (Å²) in [5, 5.41) is 45.2. The molecule has 0 aliphatic rings. The van der Waals surface area contributed by atoms with Crippen LogP contribution in [0.4, 0.5) is 4.39 Å². The first-order chi connectivity index (χ1) is 18.0. The first-order valence-corrected chi connectivity index (χ1v) is 11.5. The van der Waals surface area contributed by atoms with Crippen molar-refractivity contribution in [2.45, 2.75) is 45.1 Å². The molecule has 206 valence electrons. The van der Waals surface area contributed by atoms with Crippen LogP contribution >= 0.6 is 0 Å². The minimum atomic E-state index is -2.90. The Balaban J connectivity index is 1.72. The molecule has 0 radical (unpaired) electrons. The first kappa shape index (κ1) is 29.3. The summed E-state index contributed by atoms with van der Waals surface area (Å²) in [4.78, 5) is 44.8. The van der Waals surface area contributed by atoms with Gasteiger partial charge in [0, 0.05) is 17.2 Å². The number of halogens is 1. The summed E-state index contributed by atoms with van der Waals surface area (Å²) in [6, 6.07) is 8.99. The van der Waals surface area contributed by atoms with Crippen molar-refractivity contribution >= 4 is 17.8 Å². The number of hydrogen-bond acceptors (Lipinski definition) is 10. The second kappa shape index (κ2) is 10.8. The molecule has 0 bridgehead atoms. The Hall–Kier alpha value is -4.30. The minimum Gasteiger partial charge on any atom is -0.456 e. The Labute approximate surface area is 222 Å². The van der Waals surface area contributed by atoms with E-state index < -0.39 is 52.4 Å². The van der Waals surface area contributed by atoms with Crippen LogP contribution in [0.5, 0.6) is 0 Å². The van der Waals surface area contributed by atoms with Crippen molar-refractivity contribution in [2.75, 3.05) is 0 Å². The second-order valence-electron chi connectivity index (χ2n) is 9.58. The lowest BCUT2D eigenvalue weighted by atomic mass is 10.1. The zero-order valence-electron chi connectivity index (χ0n) is 21.4. The smallest absolute Gasteiger partial charge is 0.338 e. The predicted octanol–water partition coefficient (Wildman–Crippen LogP) is 0.929. The fourth-order valence-corrected chi connectivity index (χ4v) is 3.23. The second-order valence-corrected chi connectivity index (χ2v) is 9.58. The van der Waals surface area contributed by atoms with E-state index >= 15 is 0 Å². The Kier molecular flexibility index (Phi) is 8.12. The number of carbonyl (C=O) groups is 3. The highest BCUT2D eigenvalue weighted by Crippen LogP contribution is 2.20. The van der Waals surface area contributed by atoms with Crippen LogP contribution in [0.15, 0.2) is 54.9 Å². The van der Waals surface area contributed by atoms with Crippen LogP contribution in [0.2, 0.25) is 0 Å². The summed E-state index contributed by atoms with van der Waals surface area (Å²) in [7, 11) is 0. The summed E-state index contributed by atoms with van der Waals surface area (Å²) in [6.07, 6.45) is 0.828. The molecule has 2 amide bonds. The van der Waals surface area contributed by atoms with E-state index in [0.29, 0.717) is 0 Å². The van der Waals surface area contributed by atoms with Crippen molar-refractivity contribution < 1.29 is 43.9 Å². The van der Waals surface area contributed by atoms with Crippen LogP contribution in [0.25, 0.3) is 0 Å². The van der Waals surface area contributed by atoms with E-state index in [9.17, 15) is 39.2 Å². The van der Waals surface area contributed by atoms with Crippen molar-refractivity contribution in [1.82, 2.24) is 20.6 Å². The molecule has 12 nitrogen and oxygen atoms in total. The van der Waals surface area contributed by atoms with Crippen LogP contribution in [0.1, 0.15) is 68.8 Å². The molecule has 1 heterocycles. The summed E-state index contributed by atoms with van der Waals surface area (Å²) >= 11 is 0. The van der Waals surface area contributed by atoms with Gasteiger partial charge < -0.3 is 25.2 Å². The predicted molar refractivity (Wildman–Crippen MR) is 132 cm³/mol. The lowest BCUT2D eigenvalue weighted by Gasteiger charge is -2.24. The van der Waals surface area contributed by atoms with E-state index in [4.69, 9.17) is 4.74 Å². The molecule has 3 rings (SSSR count). The molecular weight excluding hydrogens is 515 g/mol. The number of rotatable bonds is 7. The first-order valence-electron chi connectivity index (χ1n) is 11.5. The molecule has 0 saturated heterocycles. The van der Waals surface area contributed by atoms with Gasteiger partial charge in [0.15, 0.2) is 0 Å². The number of nitrogens with one attached hydrogen (secondary N) is 2. The molecule has 0 fully saturated rings. The number of aliphatic hydroxyl groups is 4. The highest BCUT2D eigenvalue weighted by molar-refractivity contribution is 5.97. The standard InChI is InChI=1S/C26H27FN4O8/c1-14-11-17(9-10-18(14)27)26(37,38)31-22(33)20-12-19(28-13-29-20)21(32)30-25(35,36)16-7-5-15(6-8-16)23(34)39-24(2,3)4/h5-13,35-38H,1-4H3,(H,30,32)(H,31,33). The van der Waals surface area contributed by atoms with Crippen molar-refractivity contribution in [3.63, 3.8) is 0 Å². The molecule has 0 aliphatic heterocycles. The van der Waals surface area contributed by atoms with Gasteiger partial charge in [-0.05, 0) is 63.6 Å². The molecule has 1 aromatic heterocycles. The number of aryl methyl sites for hydroxylation is 1. The minimum absolute atomic E-state index is 0.103. The molecule has 0 saturated carbocycles. The maximum atomic E-state index is 13.5.